The molecule has 0 aliphatic carbocycles. The van der Waals surface area contributed by atoms with Gasteiger partial charge in [-0.2, -0.15) is 0 Å². The second kappa shape index (κ2) is 30.7. The number of aromatic nitrogens is 2. The molecule has 4 heterocycles. The van der Waals surface area contributed by atoms with Gasteiger partial charge in [-0.25, -0.2) is 0 Å². The molecule has 0 amide bonds. The molecule has 126 heavy (non-hydrogen) atoms. The maximum atomic E-state index is 7.29. The van der Waals surface area contributed by atoms with Crippen LogP contribution >= 0.6 is 0 Å². The molecule has 0 N–H and O–H groups in total. The predicted molar refractivity (Wildman–Crippen MR) is 528 cm³/mol. The van der Waals surface area contributed by atoms with E-state index < -0.39 is 0 Å². The highest BCUT2D eigenvalue weighted by atomic mass is 16.3. The zero-order valence-electron chi connectivity index (χ0n) is 68.6. The molecule has 0 spiro atoms. The molecular weight excluding hydrogens is 1530 g/mol. The van der Waals surface area contributed by atoms with Crippen molar-refractivity contribution < 1.29 is 8.83 Å². The fraction of sp³-hybridized carbons (Fsp3) is 0. The molecule has 0 aliphatic heterocycles. The van der Waals surface area contributed by atoms with Gasteiger partial charge in [0, 0.05) is 105 Å². The van der Waals surface area contributed by atoms with Gasteiger partial charge in [0.25, 0.3) is 0 Å². The largest absolute Gasteiger partial charge is 0.455 e. The summed E-state index contributed by atoms with van der Waals surface area (Å²) in [6, 6.07) is 172. The Morgan fingerprint density at radius 3 is 0.960 bits per heavy atom. The highest BCUT2D eigenvalue weighted by molar-refractivity contribution is 6.16. The summed E-state index contributed by atoms with van der Waals surface area (Å²) in [5.41, 5.74) is 36.5. The fourth-order valence-corrected chi connectivity index (χ4v) is 19.4. The molecule has 6 nitrogen and oxygen atoms in total. The first-order valence-corrected chi connectivity index (χ1v) is 43.1. The quantitative estimate of drug-likeness (QED) is 0.0911. The van der Waals surface area contributed by atoms with Crippen LogP contribution in [0.1, 0.15) is 0 Å². The maximum Gasteiger partial charge on any atom is 0.143 e. The van der Waals surface area contributed by atoms with Crippen molar-refractivity contribution in [3.8, 4) is 112 Å². The van der Waals surface area contributed by atoms with Gasteiger partial charge >= 0.3 is 0 Å². The Balaban J connectivity index is 0.534. The number of fused-ring (bicyclic) bond motifs is 12. The molecule has 24 rings (SSSR count). The van der Waals surface area contributed by atoms with Gasteiger partial charge in [0.15, 0.2) is 0 Å². The maximum absolute atomic E-state index is 7.29. The smallest absolute Gasteiger partial charge is 0.143 e. The van der Waals surface area contributed by atoms with Crippen molar-refractivity contribution in [2.45, 2.75) is 0 Å². The van der Waals surface area contributed by atoms with Crippen LogP contribution < -0.4 is 9.80 Å². The Hall–Kier alpha value is -16.8. The third-order valence-corrected chi connectivity index (χ3v) is 25.4. The molecule has 0 aliphatic rings. The summed E-state index contributed by atoms with van der Waals surface area (Å²) in [6.45, 7) is 0. The lowest BCUT2D eigenvalue weighted by Crippen LogP contribution is -2.11. The van der Waals surface area contributed by atoms with Gasteiger partial charge in [-0.05, 0) is 176 Å². The van der Waals surface area contributed by atoms with Gasteiger partial charge in [0.1, 0.15) is 22.3 Å². The number of hydrogen-bond acceptors (Lipinski definition) is 4. The van der Waals surface area contributed by atoms with Crippen LogP contribution in [-0.4, -0.2) is 9.13 Å². The molecule has 0 fully saturated rings. The number of anilines is 6. The summed E-state index contributed by atoms with van der Waals surface area (Å²) in [5, 5.41) is 9.25. The second-order valence-corrected chi connectivity index (χ2v) is 32.6. The first-order chi connectivity index (χ1) is 62.5. The van der Waals surface area contributed by atoms with E-state index in [2.05, 4.69) is 486 Å². The second-order valence-electron chi connectivity index (χ2n) is 32.6. The van der Waals surface area contributed by atoms with Crippen LogP contribution in [0, 0.1) is 0 Å². The zero-order chi connectivity index (χ0) is 83.1. The minimum atomic E-state index is 0.841. The lowest BCUT2D eigenvalue weighted by Gasteiger charge is -2.28. The molecule has 0 radical (unpaired) electrons. The summed E-state index contributed by atoms with van der Waals surface area (Å²) in [4.78, 5) is 4.75. The van der Waals surface area contributed by atoms with Crippen molar-refractivity contribution in [1.29, 1.82) is 0 Å². The van der Waals surface area contributed by atoms with Crippen molar-refractivity contribution in [3.63, 3.8) is 0 Å². The highest BCUT2D eigenvalue weighted by Gasteiger charge is 2.26. The van der Waals surface area contributed by atoms with E-state index in [-0.39, 0.29) is 0 Å². The van der Waals surface area contributed by atoms with E-state index in [9.17, 15) is 0 Å². The molecule has 590 valence electrons. The van der Waals surface area contributed by atoms with Crippen LogP contribution in [0.5, 0.6) is 0 Å². The van der Waals surface area contributed by atoms with Gasteiger partial charge in [-0.3, -0.25) is 0 Å². The zero-order valence-corrected chi connectivity index (χ0v) is 68.6. The molecule has 0 saturated heterocycles. The minimum Gasteiger partial charge on any atom is -0.455 e. The van der Waals surface area contributed by atoms with E-state index in [1.807, 2.05) is 6.07 Å². The number of hydrogen-bond donors (Lipinski definition) is 0. The fourth-order valence-electron chi connectivity index (χ4n) is 19.4. The molecular formula is C120H78N4O2. The number of furan rings is 2. The standard InChI is InChI=1S/C120H78N4O2/c1-4-26-79(27-5-1)88-66-74-96(115(77-88)123-111-47-17-10-34-100(111)101-35-11-18-48-112(101)123)85-62-70-93(71-63-85)121(95-33-22-30-90(76-95)99-41-24-43-107-105-39-15-21-51-117(105)125-118(99)107)92-68-60-84(61-69-92)82-54-52-81(53-55-82)83-56-58-87(59-57-83)98-40-23-44-108-109-45-25-42-106(120(109)126-119(98)108)104-38-14-16-46-110(104)122(91-31-8-3-9-32-91)94-72-64-86(65-73-94)97-75-67-89(80-28-6-2-7-29-80)78-116(97)124-113-49-19-12-36-102(113)103-37-13-20-50-114(103)124/h1-78H. The Labute approximate surface area is 729 Å². The van der Waals surface area contributed by atoms with Crippen LogP contribution in [0.4, 0.5) is 34.1 Å². The van der Waals surface area contributed by atoms with Crippen LogP contribution in [0.15, 0.2) is 482 Å². The van der Waals surface area contributed by atoms with Crippen molar-refractivity contribution in [2.24, 2.45) is 0 Å². The summed E-state index contributed by atoms with van der Waals surface area (Å²) in [7, 11) is 0. The third kappa shape index (κ3) is 12.6. The lowest BCUT2D eigenvalue weighted by atomic mass is 9.96. The Morgan fingerprint density at radius 2 is 0.460 bits per heavy atom. The summed E-state index contributed by atoms with van der Waals surface area (Å²) < 4.78 is 18.8. The van der Waals surface area contributed by atoms with E-state index in [4.69, 9.17) is 8.83 Å². The number of para-hydroxylation sites is 10. The molecule has 0 bridgehead atoms. The van der Waals surface area contributed by atoms with Crippen LogP contribution in [0.2, 0.25) is 0 Å². The Morgan fingerprint density at radius 1 is 0.159 bits per heavy atom. The van der Waals surface area contributed by atoms with Crippen molar-refractivity contribution in [3.05, 3.63) is 473 Å². The van der Waals surface area contributed by atoms with Crippen molar-refractivity contribution in [2.75, 3.05) is 9.80 Å². The lowest BCUT2D eigenvalue weighted by molar-refractivity contribution is 0.670. The Kier molecular flexibility index (Phi) is 17.8. The molecule has 6 heteroatoms. The van der Waals surface area contributed by atoms with Crippen LogP contribution in [0.25, 0.3) is 199 Å². The summed E-state index contributed by atoms with van der Waals surface area (Å²) in [5.74, 6) is 0. The monoisotopic (exact) mass is 1610 g/mol. The average molecular weight is 1610 g/mol. The molecule has 4 aromatic heterocycles. The number of benzene rings is 20. The normalized spacial score (nSPS) is 11.7. The van der Waals surface area contributed by atoms with Crippen LogP contribution in [0.3, 0.4) is 0 Å². The average Bonchev–Trinajstić information content (AvgIpc) is 1.58. The molecule has 0 saturated carbocycles. The van der Waals surface area contributed by atoms with E-state index >= 15 is 0 Å². The Bertz CT molecular complexity index is 8180. The molecule has 0 unspecified atom stereocenters. The minimum absolute atomic E-state index is 0.841. The van der Waals surface area contributed by atoms with Gasteiger partial charge in [0.2, 0.25) is 0 Å². The van der Waals surface area contributed by atoms with E-state index in [0.717, 1.165) is 178 Å². The topological polar surface area (TPSA) is 42.6 Å². The van der Waals surface area contributed by atoms with Gasteiger partial charge in [-0.15, -0.1) is 0 Å². The summed E-state index contributed by atoms with van der Waals surface area (Å²) in [6.07, 6.45) is 0. The van der Waals surface area contributed by atoms with Gasteiger partial charge in [-0.1, -0.05) is 364 Å². The first kappa shape index (κ1) is 73.1. The highest BCUT2D eigenvalue weighted by Crippen LogP contribution is 2.50. The SMILES string of the molecule is c1ccc(-c2ccc(-c3ccc(N(c4ccc(-c5ccc(-c6ccc(-c7cccc8c7oc7c(-c9ccccc9N(c9ccccc9)c9ccc(-c%10ccc(-c%11ccccc%11)cc%10-n%10c%11ccccc%11c%11ccccc%11%10)cc9)cccc78)cc6)cc5)cc4)c4cccc(-c5cccc6c5oc5ccccc56)c4)cc3)c(-n3c4ccccc4c4ccccc43)c2)cc1. The molecule has 0 atom stereocenters. The summed E-state index contributed by atoms with van der Waals surface area (Å²) >= 11 is 0. The van der Waals surface area contributed by atoms with Gasteiger partial charge in [0.05, 0.1) is 39.1 Å². The van der Waals surface area contributed by atoms with Crippen LogP contribution in [-0.2, 0) is 0 Å². The van der Waals surface area contributed by atoms with Gasteiger partial charge < -0.3 is 27.8 Å². The predicted octanol–water partition coefficient (Wildman–Crippen LogP) is 33.6. The third-order valence-electron chi connectivity index (χ3n) is 25.4. The number of rotatable bonds is 17. The van der Waals surface area contributed by atoms with E-state index in [0.29, 0.717) is 0 Å². The van der Waals surface area contributed by atoms with Crippen molar-refractivity contribution >= 4 is 122 Å². The van der Waals surface area contributed by atoms with E-state index in [1.165, 1.54) is 54.7 Å². The first-order valence-electron chi connectivity index (χ1n) is 43.1. The van der Waals surface area contributed by atoms with Crippen molar-refractivity contribution in [1.82, 2.24) is 9.13 Å². The molecule has 24 aromatic rings. The molecule has 20 aromatic carbocycles. The number of nitrogens with zero attached hydrogens (tertiary/aromatic N) is 4. The van der Waals surface area contributed by atoms with E-state index in [1.54, 1.807) is 0 Å².